The van der Waals surface area contributed by atoms with Crippen molar-refractivity contribution in [2.45, 2.75) is 6.23 Å². The molecule has 0 spiro atoms. The Balaban J connectivity index is 1.91. The maximum atomic E-state index is 11.6. The lowest BCUT2D eigenvalue weighted by atomic mass is 10.0. The number of primary amides is 1. The van der Waals surface area contributed by atoms with Crippen LogP contribution in [0.15, 0.2) is 81.3 Å². The van der Waals surface area contributed by atoms with Crippen LogP contribution in [0.5, 0.6) is 0 Å². The van der Waals surface area contributed by atoms with Crippen LogP contribution in [0.25, 0.3) is 0 Å². The number of aliphatic imine (C=N–C) groups is 2. The van der Waals surface area contributed by atoms with Crippen LogP contribution in [0.4, 0.5) is 16.2 Å². The molecule has 0 saturated heterocycles. The Labute approximate surface area is 190 Å². The molecule has 1 aromatic heterocycles. The van der Waals surface area contributed by atoms with E-state index in [0.29, 0.717) is 33.4 Å². The van der Waals surface area contributed by atoms with Crippen molar-refractivity contribution in [1.29, 1.82) is 0 Å². The number of anilines is 1. The first-order valence-corrected chi connectivity index (χ1v) is 10.2. The van der Waals surface area contributed by atoms with Gasteiger partial charge in [-0.15, -0.1) is 0 Å². The number of rotatable bonds is 2. The zero-order chi connectivity index (χ0) is 22.0. The minimum absolute atomic E-state index is 0.0735. The topological polar surface area (TPSA) is 113 Å². The number of hydrogen-bond donors (Lipinski definition) is 2. The van der Waals surface area contributed by atoms with E-state index in [2.05, 4.69) is 30.9 Å². The maximum absolute atomic E-state index is 11.6. The largest absolute Gasteiger partial charge is 0.429 e. The third-order valence-electron chi connectivity index (χ3n) is 4.27. The number of carbonyl (C=O) groups excluding carboxylic acids is 1. The standard InChI is InChI=1S/C21H15BrClN5O3/c22-12-7-8-16-15(10-12)18(17-6-1-2-9-25-17)27-20(29)19(26-16)28(31-21(24)30)14-5-3-4-13(23)11-14/h1-11,20,29H,(H2,24,30). The van der Waals surface area contributed by atoms with E-state index in [1.54, 1.807) is 48.7 Å². The molecule has 0 fully saturated rings. The van der Waals surface area contributed by atoms with Gasteiger partial charge in [0.2, 0.25) is 6.23 Å². The quantitative estimate of drug-likeness (QED) is 0.512. The molecule has 0 saturated carbocycles. The Kier molecular flexibility index (Phi) is 5.99. The van der Waals surface area contributed by atoms with Crippen molar-refractivity contribution in [1.82, 2.24) is 4.98 Å². The van der Waals surface area contributed by atoms with E-state index in [9.17, 15) is 9.90 Å². The van der Waals surface area contributed by atoms with Crippen molar-refractivity contribution >= 4 is 56.5 Å². The van der Waals surface area contributed by atoms with Gasteiger partial charge in [0.25, 0.3) is 0 Å². The highest BCUT2D eigenvalue weighted by Crippen LogP contribution is 2.31. The van der Waals surface area contributed by atoms with Crippen molar-refractivity contribution in [3.05, 3.63) is 87.6 Å². The highest BCUT2D eigenvalue weighted by Gasteiger charge is 2.29. The first-order valence-electron chi connectivity index (χ1n) is 9.01. The van der Waals surface area contributed by atoms with E-state index in [-0.39, 0.29) is 5.84 Å². The minimum Gasteiger partial charge on any atom is -0.365 e. The SMILES string of the molecule is NC(=O)ON(C1=Nc2ccc(Br)cc2C(c2ccccn2)=NC1O)c1cccc(Cl)c1. The first kappa shape index (κ1) is 21.0. The molecule has 1 amide bonds. The minimum atomic E-state index is -1.50. The Bertz CT molecular complexity index is 1200. The molecule has 2 heterocycles. The Morgan fingerprint density at radius 3 is 2.71 bits per heavy atom. The van der Waals surface area contributed by atoms with Crippen molar-refractivity contribution in [2.75, 3.05) is 5.06 Å². The van der Waals surface area contributed by atoms with E-state index in [4.69, 9.17) is 22.2 Å². The average Bonchev–Trinajstić information content (AvgIpc) is 2.89. The molecule has 1 aliphatic rings. The summed E-state index contributed by atoms with van der Waals surface area (Å²) in [7, 11) is 0. The van der Waals surface area contributed by atoms with Crippen LogP contribution in [-0.2, 0) is 4.84 Å². The van der Waals surface area contributed by atoms with E-state index in [0.717, 1.165) is 9.54 Å². The van der Waals surface area contributed by atoms with Gasteiger partial charge in [-0.3, -0.25) is 4.98 Å². The number of nitrogens with zero attached hydrogens (tertiary/aromatic N) is 4. The zero-order valence-corrected chi connectivity index (χ0v) is 18.2. The normalized spacial score (nSPS) is 15.3. The number of amidine groups is 1. The second kappa shape index (κ2) is 8.84. The second-order valence-electron chi connectivity index (χ2n) is 6.38. The summed E-state index contributed by atoms with van der Waals surface area (Å²) < 4.78 is 0.795. The molecule has 10 heteroatoms. The molecule has 4 rings (SSSR count). The number of carbonyl (C=O) groups is 1. The first-order chi connectivity index (χ1) is 14.9. The van der Waals surface area contributed by atoms with Gasteiger partial charge < -0.3 is 15.7 Å². The number of hydrogen-bond acceptors (Lipinski definition) is 7. The molecule has 0 radical (unpaired) electrons. The maximum Gasteiger partial charge on any atom is 0.429 e. The van der Waals surface area contributed by atoms with Gasteiger partial charge in [0.1, 0.15) is 0 Å². The van der Waals surface area contributed by atoms with E-state index < -0.39 is 12.3 Å². The van der Waals surface area contributed by atoms with Gasteiger partial charge in [0.15, 0.2) is 5.84 Å². The lowest BCUT2D eigenvalue weighted by molar-refractivity contribution is 0.154. The predicted octanol–water partition coefficient (Wildman–Crippen LogP) is 4.21. The summed E-state index contributed by atoms with van der Waals surface area (Å²) in [5, 5.41) is 12.4. The fourth-order valence-corrected chi connectivity index (χ4v) is 3.55. The number of halogens is 2. The molecule has 1 atom stereocenters. The van der Waals surface area contributed by atoms with E-state index in [1.807, 2.05) is 12.1 Å². The summed E-state index contributed by atoms with van der Waals surface area (Å²) in [6, 6.07) is 17.2. The molecule has 1 aliphatic heterocycles. The molecule has 156 valence electrons. The summed E-state index contributed by atoms with van der Waals surface area (Å²) in [6.07, 6.45) is -0.964. The molecule has 3 aromatic rings. The third-order valence-corrected chi connectivity index (χ3v) is 5.00. The van der Waals surface area contributed by atoms with Crippen LogP contribution in [0, 0.1) is 0 Å². The number of fused-ring (bicyclic) bond motifs is 1. The summed E-state index contributed by atoms with van der Waals surface area (Å²) in [6.45, 7) is 0. The van der Waals surface area contributed by atoms with Crippen molar-refractivity contribution < 1.29 is 14.7 Å². The van der Waals surface area contributed by atoms with Crippen LogP contribution < -0.4 is 10.8 Å². The third kappa shape index (κ3) is 4.58. The highest BCUT2D eigenvalue weighted by atomic mass is 79.9. The van der Waals surface area contributed by atoms with Crippen molar-refractivity contribution in [3.63, 3.8) is 0 Å². The summed E-state index contributed by atoms with van der Waals surface area (Å²) in [5.74, 6) is -0.0735. The molecule has 0 aliphatic carbocycles. The van der Waals surface area contributed by atoms with Gasteiger partial charge in [0.05, 0.1) is 22.8 Å². The molecule has 8 nitrogen and oxygen atoms in total. The monoisotopic (exact) mass is 499 g/mol. The number of hydroxylamine groups is 1. The number of benzene rings is 2. The highest BCUT2D eigenvalue weighted by molar-refractivity contribution is 9.10. The van der Waals surface area contributed by atoms with Crippen molar-refractivity contribution in [3.8, 4) is 0 Å². The molecular formula is C21H15BrClN5O3. The fourth-order valence-electron chi connectivity index (χ4n) is 3.01. The van der Waals surface area contributed by atoms with Crippen LogP contribution >= 0.6 is 27.5 Å². The van der Waals surface area contributed by atoms with Crippen LogP contribution in [0.2, 0.25) is 5.02 Å². The Morgan fingerprint density at radius 2 is 2.00 bits per heavy atom. The number of nitrogens with two attached hydrogens (primary N) is 1. The molecule has 3 N–H and O–H groups in total. The van der Waals surface area contributed by atoms with Crippen LogP contribution in [0.1, 0.15) is 11.3 Å². The lowest BCUT2D eigenvalue weighted by Gasteiger charge is -2.24. The number of aliphatic hydroxyl groups is 1. The van der Waals surface area contributed by atoms with Gasteiger partial charge >= 0.3 is 6.09 Å². The molecule has 0 bridgehead atoms. The van der Waals surface area contributed by atoms with Gasteiger partial charge in [-0.2, -0.15) is 5.06 Å². The number of aromatic nitrogens is 1. The molecule has 31 heavy (non-hydrogen) atoms. The summed E-state index contributed by atoms with van der Waals surface area (Å²) >= 11 is 9.55. The molecule has 2 aromatic carbocycles. The van der Waals surface area contributed by atoms with Crippen LogP contribution in [0.3, 0.4) is 0 Å². The number of aliphatic hydroxyl groups excluding tert-OH is 1. The predicted molar refractivity (Wildman–Crippen MR) is 122 cm³/mol. The number of amides is 1. The van der Waals surface area contributed by atoms with Gasteiger partial charge in [-0.25, -0.2) is 14.8 Å². The fraction of sp³-hybridized carbons (Fsp3) is 0.0476. The molecular weight excluding hydrogens is 486 g/mol. The summed E-state index contributed by atoms with van der Waals surface area (Å²) in [4.78, 5) is 30.1. The zero-order valence-electron chi connectivity index (χ0n) is 15.8. The van der Waals surface area contributed by atoms with Gasteiger partial charge in [-0.1, -0.05) is 39.7 Å². The van der Waals surface area contributed by atoms with E-state index in [1.165, 1.54) is 6.07 Å². The van der Waals surface area contributed by atoms with Gasteiger partial charge in [-0.05, 0) is 48.5 Å². The summed E-state index contributed by atoms with van der Waals surface area (Å²) in [5.41, 5.74) is 7.69. The lowest BCUT2D eigenvalue weighted by Crippen LogP contribution is -2.41. The van der Waals surface area contributed by atoms with Gasteiger partial charge in [0, 0.05) is 21.3 Å². The van der Waals surface area contributed by atoms with Crippen LogP contribution in [-0.4, -0.2) is 34.0 Å². The smallest absolute Gasteiger partial charge is 0.365 e. The average molecular weight is 501 g/mol. The molecule has 1 unspecified atom stereocenters. The van der Waals surface area contributed by atoms with Crippen molar-refractivity contribution in [2.24, 2.45) is 15.7 Å². The Hall–Kier alpha value is -3.27. The number of pyridine rings is 1. The second-order valence-corrected chi connectivity index (χ2v) is 7.73. The Morgan fingerprint density at radius 1 is 1.16 bits per heavy atom. The van der Waals surface area contributed by atoms with E-state index >= 15 is 0 Å².